The predicted molar refractivity (Wildman–Crippen MR) is 30.0 cm³/mol. The van der Waals surface area contributed by atoms with E-state index in [1.807, 2.05) is 0 Å². The van der Waals surface area contributed by atoms with Crippen LogP contribution in [0.4, 0.5) is 0 Å². The summed E-state index contributed by atoms with van der Waals surface area (Å²) in [5.74, 6) is 0. The topological polar surface area (TPSA) is 161 Å². The van der Waals surface area contributed by atoms with E-state index in [0.29, 0.717) is 0 Å². The van der Waals surface area contributed by atoms with Gasteiger partial charge in [0.05, 0.1) is 0 Å². The standard InChI is InChI=1S/4CH2O2.Sn/c4*2-1-3;/h4*1H,(H,2,3);/q;;;;+4/p-4. The van der Waals surface area contributed by atoms with Crippen molar-refractivity contribution in [3.05, 3.63) is 0 Å². The molecular formula is C4H4O8Sn. The normalized spacial score (nSPS) is 3.69. The third kappa shape index (κ3) is 461. The van der Waals surface area contributed by atoms with Crippen LogP contribution in [0.15, 0.2) is 0 Å². The van der Waals surface area contributed by atoms with Crippen molar-refractivity contribution in [1.82, 2.24) is 0 Å². The van der Waals surface area contributed by atoms with Gasteiger partial charge in [0.2, 0.25) is 0 Å². The number of carboxylic acid groups (broad SMARTS) is 4. The fourth-order valence-electron chi connectivity index (χ4n) is 0. The Bertz CT molecular complexity index is 70.1. The van der Waals surface area contributed by atoms with Crippen molar-refractivity contribution in [2.45, 2.75) is 0 Å². The number of carbonyl (C=O) groups excluding carboxylic acids is 4. The zero-order valence-electron chi connectivity index (χ0n) is 6.08. The molecule has 0 aliphatic heterocycles. The Morgan fingerprint density at radius 2 is 0.538 bits per heavy atom. The van der Waals surface area contributed by atoms with Gasteiger partial charge in [0.25, 0.3) is 0 Å². The molecule has 0 atom stereocenters. The first-order valence-electron chi connectivity index (χ1n) is 1.89. The van der Waals surface area contributed by atoms with Crippen molar-refractivity contribution in [2.24, 2.45) is 0 Å². The first kappa shape index (κ1) is 29.9. The van der Waals surface area contributed by atoms with E-state index in [0.717, 1.165) is 0 Å². The first-order valence-corrected chi connectivity index (χ1v) is 1.89. The molecule has 0 aromatic heterocycles. The van der Waals surface area contributed by atoms with E-state index in [9.17, 15) is 0 Å². The van der Waals surface area contributed by atoms with E-state index in [1.165, 1.54) is 0 Å². The summed E-state index contributed by atoms with van der Waals surface area (Å²) in [7, 11) is 0. The van der Waals surface area contributed by atoms with Gasteiger partial charge in [-0.05, 0) is 0 Å². The molecule has 0 saturated heterocycles. The van der Waals surface area contributed by atoms with Crippen molar-refractivity contribution < 1.29 is 39.6 Å². The fraction of sp³-hybridized carbons (Fsp3) is 0. The average Bonchev–Trinajstić information content (AvgIpc) is 1.92. The van der Waals surface area contributed by atoms with Crippen molar-refractivity contribution in [2.75, 3.05) is 0 Å². The zero-order chi connectivity index (χ0) is 10.8. The van der Waals surface area contributed by atoms with Crippen LogP contribution < -0.4 is 20.4 Å². The third-order valence-corrected chi connectivity index (χ3v) is 0. The molecule has 0 bridgehead atoms. The van der Waals surface area contributed by atoms with E-state index in [-0.39, 0.29) is 23.9 Å². The second-order valence-electron chi connectivity index (χ2n) is 0.385. The van der Waals surface area contributed by atoms with Crippen LogP contribution in [-0.2, 0) is 19.2 Å². The molecule has 0 heterocycles. The van der Waals surface area contributed by atoms with Crippen LogP contribution in [-0.4, -0.2) is 49.8 Å². The van der Waals surface area contributed by atoms with Crippen LogP contribution in [0.3, 0.4) is 0 Å². The van der Waals surface area contributed by atoms with Gasteiger partial charge in [-0.15, -0.1) is 0 Å². The Balaban J connectivity index is -0.0000000213. The molecule has 0 rings (SSSR count). The van der Waals surface area contributed by atoms with Crippen LogP contribution in [0.1, 0.15) is 0 Å². The van der Waals surface area contributed by atoms with E-state index in [2.05, 4.69) is 0 Å². The van der Waals surface area contributed by atoms with Crippen molar-refractivity contribution in [1.29, 1.82) is 0 Å². The van der Waals surface area contributed by atoms with Gasteiger partial charge < -0.3 is 39.6 Å². The summed E-state index contributed by atoms with van der Waals surface area (Å²) in [6, 6.07) is 0. The summed E-state index contributed by atoms with van der Waals surface area (Å²) in [5, 5.41) is 33.0. The van der Waals surface area contributed by atoms with Crippen LogP contribution in [0.2, 0.25) is 0 Å². The summed E-state index contributed by atoms with van der Waals surface area (Å²) < 4.78 is 0. The summed E-state index contributed by atoms with van der Waals surface area (Å²) >= 11 is 0. The maximum absolute atomic E-state index is 8.25. The largest absolute Gasteiger partial charge is 4.00 e. The molecule has 0 aromatic carbocycles. The zero-order valence-corrected chi connectivity index (χ0v) is 8.93. The van der Waals surface area contributed by atoms with Gasteiger partial charge in [-0.2, -0.15) is 0 Å². The minimum atomic E-state index is -0.500. The maximum Gasteiger partial charge on any atom is 4.00 e. The van der Waals surface area contributed by atoms with Gasteiger partial charge in [-0.1, -0.05) is 0 Å². The minimum Gasteiger partial charge on any atom is -0.554 e. The minimum absolute atomic E-state index is 0. The summed E-state index contributed by atoms with van der Waals surface area (Å²) in [6.45, 7) is -2.00. The molecule has 13 heavy (non-hydrogen) atoms. The molecule has 0 N–H and O–H groups in total. The van der Waals surface area contributed by atoms with E-state index in [1.54, 1.807) is 0 Å². The SMILES string of the molecule is O=C[O-].O=C[O-].O=C[O-].O=C[O-].[Sn+4]. The van der Waals surface area contributed by atoms with Gasteiger partial charge in [0, 0.05) is 25.9 Å². The first-order chi connectivity index (χ1) is 5.66. The molecule has 0 spiro atoms. The second-order valence-corrected chi connectivity index (χ2v) is 0.385. The molecule has 0 unspecified atom stereocenters. The Labute approximate surface area is 89.8 Å². The molecule has 0 aliphatic carbocycles. The van der Waals surface area contributed by atoms with Crippen LogP contribution in [0.5, 0.6) is 0 Å². The molecule has 0 aliphatic rings. The van der Waals surface area contributed by atoms with E-state index >= 15 is 0 Å². The fourth-order valence-corrected chi connectivity index (χ4v) is 0. The average molecular weight is 299 g/mol. The maximum atomic E-state index is 8.25. The van der Waals surface area contributed by atoms with Gasteiger partial charge in [-0.3, -0.25) is 0 Å². The van der Waals surface area contributed by atoms with Crippen molar-refractivity contribution >= 4 is 49.8 Å². The number of carbonyl (C=O) groups is 4. The quantitative estimate of drug-likeness (QED) is 0.315. The monoisotopic (exact) mass is 300 g/mol. The Hall–Kier alpha value is -1.32. The smallest absolute Gasteiger partial charge is 0.554 e. The molecule has 8 nitrogen and oxygen atoms in total. The van der Waals surface area contributed by atoms with Gasteiger partial charge >= 0.3 is 23.9 Å². The molecule has 9 heteroatoms. The molecule has 0 fully saturated rings. The van der Waals surface area contributed by atoms with Gasteiger partial charge in [0.1, 0.15) is 0 Å². The van der Waals surface area contributed by atoms with Crippen LogP contribution in [0.25, 0.3) is 0 Å². The van der Waals surface area contributed by atoms with Crippen molar-refractivity contribution in [3.63, 3.8) is 0 Å². The molecular weight excluding hydrogens is 295 g/mol. The predicted octanol–water partition coefficient (Wildman–Crippen LogP) is -6.92. The van der Waals surface area contributed by atoms with E-state index < -0.39 is 25.9 Å². The molecule has 72 valence electrons. The van der Waals surface area contributed by atoms with Gasteiger partial charge in [0.15, 0.2) is 0 Å². The molecule has 0 amide bonds. The van der Waals surface area contributed by atoms with E-state index in [4.69, 9.17) is 39.6 Å². The molecule has 0 radical (unpaired) electrons. The second kappa shape index (κ2) is 139. The van der Waals surface area contributed by atoms with Crippen molar-refractivity contribution in [3.8, 4) is 0 Å². The molecule has 0 aromatic rings. The van der Waals surface area contributed by atoms with Crippen LogP contribution >= 0.6 is 0 Å². The Morgan fingerprint density at radius 1 is 0.538 bits per heavy atom. The number of hydrogen-bond acceptors (Lipinski definition) is 8. The Morgan fingerprint density at radius 3 is 0.538 bits per heavy atom. The number of hydrogen-bond donors (Lipinski definition) is 0. The summed E-state index contributed by atoms with van der Waals surface area (Å²) in [4.78, 5) is 33.0. The third-order valence-electron chi connectivity index (χ3n) is 0. The number of rotatable bonds is 0. The Kier molecular flexibility index (Phi) is 320. The summed E-state index contributed by atoms with van der Waals surface area (Å²) in [6.07, 6.45) is 0. The van der Waals surface area contributed by atoms with Crippen LogP contribution in [0, 0.1) is 0 Å². The molecule has 0 saturated carbocycles. The summed E-state index contributed by atoms with van der Waals surface area (Å²) in [5.41, 5.74) is 0. The van der Waals surface area contributed by atoms with Gasteiger partial charge in [-0.25, -0.2) is 0 Å².